The van der Waals surface area contributed by atoms with Crippen LogP contribution in [0.3, 0.4) is 0 Å². The molecule has 23 heavy (non-hydrogen) atoms. The smallest absolute Gasteiger partial charge is 0.252 e. The zero-order chi connectivity index (χ0) is 16.4. The number of aromatic amines is 1. The fourth-order valence-corrected chi connectivity index (χ4v) is 3.13. The summed E-state index contributed by atoms with van der Waals surface area (Å²) in [5, 5.41) is 8.70. The van der Waals surface area contributed by atoms with Crippen molar-refractivity contribution in [2.75, 3.05) is 5.75 Å². The maximum absolute atomic E-state index is 12.2. The van der Waals surface area contributed by atoms with E-state index in [4.69, 9.17) is 0 Å². The monoisotopic (exact) mass is 328 g/mol. The van der Waals surface area contributed by atoms with Crippen molar-refractivity contribution in [1.82, 2.24) is 19.6 Å². The van der Waals surface area contributed by atoms with Crippen LogP contribution < -0.4 is 5.56 Å². The van der Waals surface area contributed by atoms with Gasteiger partial charge in [-0.05, 0) is 5.92 Å². The third-order valence-corrected chi connectivity index (χ3v) is 4.35. The molecule has 0 aliphatic heterocycles. The van der Waals surface area contributed by atoms with Gasteiger partial charge >= 0.3 is 0 Å². The Kier molecular flexibility index (Phi) is 4.29. The predicted molar refractivity (Wildman–Crippen MR) is 89.2 cm³/mol. The van der Waals surface area contributed by atoms with E-state index >= 15 is 0 Å². The Morgan fingerprint density at radius 2 is 2.00 bits per heavy atom. The molecule has 3 aromatic rings. The number of Topliss-reactive ketones (excluding diaryl/α,β-unsaturated/α-hetero) is 1. The molecule has 0 amide bonds. The molecule has 1 N–H and O–H groups in total. The normalized spacial score (nSPS) is 11.3. The van der Waals surface area contributed by atoms with E-state index in [0.29, 0.717) is 16.5 Å². The Morgan fingerprint density at radius 3 is 2.70 bits per heavy atom. The number of hydrogen-bond acceptors (Lipinski definition) is 5. The van der Waals surface area contributed by atoms with Gasteiger partial charge < -0.3 is 0 Å². The van der Waals surface area contributed by atoms with Crippen molar-refractivity contribution in [3.8, 4) is 0 Å². The highest BCUT2D eigenvalue weighted by atomic mass is 32.2. The molecule has 3 rings (SSSR count). The molecule has 0 atom stereocenters. The van der Waals surface area contributed by atoms with E-state index in [1.807, 2.05) is 32.0 Å². The highest BCUT2D eigenvalue weighted by Gasteiger charge is 2.15. The van der Waals surface area contributed by atoms with Gasteiger partial charge in [-0.1, -0.05) is 55.9 Å². The Morgan fingerprint density at radius 1 is 1.26 bits per heavy atom. The molecule has 0 unspecified atom stereocenters. The lowest BCUT2D eigenvalue weighted by Crippen LogP contribution is -2.13. The lowest BCUT2D eigenvalue weighted by atomic mass is 10.1. The SMILES string of the molecule is CC(C)c1cc(=O)[nH]c2nnc(SCC(=O)c3ccccc3)n12. The Hall–Kier alpha value is -2.41. The van der Waals surface area contributed by atoms with Crippen LogP contribution >= 0.6 is 11.8 Å². The third-order valence-electron chi connectivity index (χ3n) is 3.43. The number of rotatable bonds is 5. The fourth-order valence-electron chi connectivity index (χ4n) is 2.28. The summed E-state index contributed by atoms with van der Waals surface area (Å²) in [5.41, 5.74) is 1.29. The molecular weight excluding hydrogens is 312 g/mol. The second kappa shape index (κ2) is 6.37. The first-order chi connectivity index (χ1) is 11.1. The molecule has 0 radical (unpaired) electrons. The Labute approximate surface area is 137 Å². The molecule has 0 saturated carbocycles. The number of nitrogens with zero attached hydrogens (tertiary/aromatic N) is 3. The molecule has 7 heteroatoms. The summed E-state index contributed by atoms with van der Waals surface area (Å²) in [6.07, 6.45) is 0. The summed E-state index contributed by atoms with van der Waals surface area (Å²) in [7, 11) is 0. The Balaban J connectivity index is 1.89. The maximum atomic E-state index is 12.2. The van der Waals surface area contributed by atoms with Gasteiger partial charge in [-0.2, -0.15) is 0 Å². The highest BCUT2D eigenvalue weighted by molar-refractivity contribution is 7.99. The van der Waals surface area contributed by atoms with Crippen molar-refractivity contribution < 1.29 is 4.79 Å². The molecule has 0 bridgehead atoms. The number of carbonyl (C=O) groups excluding carboxylic acids is 1. The number of fused-ring (bicyclic) bond motifs is 1. The van der Waals surface area contributed by atoms with Gasteiger partial charge in [-0.15, -0.1) is 10.2 Å². The molecule has 0 saturated heterocycles. The molecule has 0 aliphatic rings. The van der Waals surface area contributed by atoms with Crippen LogP contribution in [0.15, 0.2) is 46.3 Å². The standard InChI is InChI=1S/C16H16N4O2S/c1-10(2)12-8-14(22)17-15-18-19-16(20(12)15)23-9-13(21)11-6-4-3-5-7-11/h3-8,10H,9H2,1-2H3,(H,17,18,22). The van der Waals surface area contributed by atoms with Crippen molar-refractivity contribution in [1.29, 1.82) is 0 Å². The van der Waals surface area contributed by atoms with E-state index in [1.165, 1.54) is 11.8 Å². The van der Waals surface area contributed by atoms with Crippen molar-refractivity contribution in [2.24, 2.45) is 0 Å². The third kappa shape index (κ3) is 3.19. The van der Waals surface area contributed by atoms with Crippen LogP contribution in [-0.4, -0.2) is 31.1 Å². The average Bonchev–Trinajstić information content (AvgIpc) is 2.95. The van der Waals surface area contributed by atoms with Crippen LogP contribution in [0, 0.1) is 0 Å². The van der Waals surface area contributed by atoms with Gasteiger partial charge in [0.25, 0.3) is 5.56 Å². The topological polar surface area (TPSA) is 80.1 Å². The summed E-state index contributed by atoms with van der Waals surface area (Å²) in [6.45, 7) is 4.00. The van der Waals surface area contributed by atoms with Crippen LogP contribution in [0.25, 0.3) is 5.78 Å². The number of hydrogen-bond donors (Lipinski definition) is 1. The molecule has 2 heterocycles. The first-order valence-electron chi connectivity index (χ1n) is 7.25. The van der Waals surface area contributed by atoms with Gasteiger partial charge in [0.15, 0.2) is 10.9 Å². The van der Waals surface area contributed by atoms with Crippen LogP contribution in [0.2, 0.25) is 0 Å². The Bertz CT molecular complexity index is 899. The van der Waals surface area contributed by atoms with Crippen molar-refractivity contribution in [2.45, 2.75) is 24.9 Å². The molecule has 118 valence electrons. The molecule has 6 nitrogen and oxygen atoms in total. The second-order valence-electron chi connectivity index (χ2n) is 5.43. The van der Waals surface area contributed by atoms with Gasteiger partial charge in [-0.25, -0.2) is 0 Å². The molecule has 0 spiro atoms. The van der Waals surface area contributed by atoms with E-state index in [1.54, 1.807) is 22.6 Å². The minimum absolute atomic E-state index is 0.0304. The predicted octanol–water partition coefficient (Wildman–Crippen LogP) is 2.52. The van der Waals surface area contributed by atoms with E-state index < -0.39 is 0 Å². The minimum Gasteiger partial charge on any atom is -0.293 e. The summed E-state index contributed by atoms with van der Waals surface area (Å²) in [4.78, 5) is 26.5. The largest absolute Gasteiger partial charge is 0.293 e. The number of benzene rings is 1. The quantitative estimate of drug-likeness (QED) is 0.575. The lowest BCUT2D eigenvalue weighted by molar-refractivity contribution is 0.102. The zero-order valence-electron chi connectivity index (χ0n) is 12.8. The summed E-state index contributed by atoms with van der Waals surface area (Å²) in [5.74, 6) is 0.834. The second-order valence-corrected chi connectivity index (χ2v) is 6.38. The number of thioether (sulfide) groups is 1. The van der Waals surface area contributed by atoms with Crippen LogP contribution in [0.4, 0.5) is 0 Å². The first kappa shape index (κ1) is 15.5. The highest BCUT2D eigenvalue weighted by Crippen LogP contribution is 2.22. The number of nitrogens with one attached hydrogen (secondary N) is 1. The average molecular weight is 328 g/mol. The van der Waals surface area contributed by atoms with Crippen molar-refractivity contribution in [3.05, 3.63) is 58.0 Å². The van der Waals surface area contributed by atoms with Crippen LogP contribution in [-0.2, 0) is 0 Å². The van der Waals surface area contributed by atoms with Gasteiger partial charge in [-0.3, -0.25) is 19.0 Å². The first-order valence-corrected chi connectivity index (χ1v) is 8.24. The van der Waals surface area contributed by atoms with Crippen molar-refractivity contribution >= 4 is 23.3 Å². The van der Waals surface area contributed by atoms with E-state index in [2.05, 4.69) is 15.2 Å². The number of carbonyl (C=O) groups is 1. The minimum atomic E-state index is -0.203. The summed E-state index contributed by atoms with van der Waals surface area (Å²) >= 11 is 1.31. The van der Waals surface area contributed by atoms with Crippen LogP contribution in [0.5, 0.6) is 0 Å². The molecular formula is C16H16N4O2S. The summed E-state index contributed by atoms with van der Waals surface area (Å²) in [6, 6.07) is 10.7. The number of H-pyrrole nitrogens is 1. The van der Waals surface area contributed by atoms with E-state index in [-0.39, 0.29) is 23.0 Å². The van der Waals surface area contributed by atoms with Gasteiger partial charge in [0, 0.05) is 17.3 Å². The number of ketones is 1. The van der Waals surface area contributed by atoms with Crippen molar-refractivity contribution in [3.63, 3.8) is 0 Å². The van der Waals surface area contributed by atoms with E-state index in [0.717, 1.165) is 5.69 Å². The lowest BCUT2D eigenvalue weighted by Gasteiger charge is -2.09. The zero-order valence-corrected chi connectivity index (χ0v) is 13.6. The molecule has 0 aliphatic carbocycles. The van der Waals surface area contributed by atoms with Gasteiger partial charge in [0.2, 0.25) is 5.78 Å². The van der Waals surface area contributed by atoms with Gasteiger partial charge in [0.1, 0.15) is 0 Å². The summed E-state index contributed by atoms with van der Waals surface area (Å²) < 4.78 is 1.80. The molecule has 2 aromatic heterocycles. The molecule has 0 fully saturated rings. The van der Waals surface area contributed by atoms with Crippen LogP contribution in [0.1, 0.15) is 35.8 Å². The maximum Gasteiger partial charge on any atom is 0.252 e. The molecule has 1 aromatic carbocycles. The van der Waals surface area contributed by atoms with Gasteiger partial charge in [0.05, 0.1) is 5.75 Å². The van der Waals surface area contributed by atoms with E-state index in [9.17, 15) is 9.59 Å². The number of aromatic nitrogens is 4. The fraction of sp³-hybridized carbons (Fsp3) is 0.250.